The number of carbonyl (C=O) groups excluding carboxylic acids is 1. The van der Waals surface area contributed by atoms with Crippen molar-refractivity contribution in [1.82, 2.24) is 9.47 Å². The third-order valence-electron chi connectivity index (χ3n) is 5.64. The van der Waals surface area contributed by atoms with E-state index in [0.29, 0.717) is 24.4 Å². The Bertz CT molecular complexity index is 1220. The van der Waals surface area contributed by atoms with Crippen LogP contribution in [0, 0.1) is 0 Å². The SMILES string of the molecule is CCCCN1/C(=N/C(=O)OC(C)(C)C)n2c(c(-c3ccccc3)oc2=O)C1Cc1ccccc1. The first-order chi connectivity index (χ1) is 16.3. The Labute approximate surface area is 199 Å². The summed E-state index contributed by atoms with van der Waals surface area (Å²) in [6.07, 6.45) is 1.75. The van der Waals surface area contributed by atoms with Crippen molar-refractivity contribution in [2.75, 3.05) is 6.54 Å². The molecule has 1 unspecified atom stereocenters. The van der Waals surface area contributed by atoms with E-state index in [1.54, 1.807) is 20.8 Å². The van der Waals surface area contributed by atoms with Crippen LogP contribution in [0.25, 0.3) is 11.3 Å². The van der Waals surface area contributed by atoms with Crippen LogP contribution in [0.5, 0.6) is 0 Å². The van der Waals surface area contributed by atoms with Crippen LogP contribution in [0.1, 0.15) is 57.8 Å². The van der Waals surface area contributed by atoms with E-state index in [1.807, 2.05) is 53.4 Å². The molecule has 0 bridgehead atoms. The fourth-order valence-electron chi connectivity index (χ4n) is 4.20. The molecular formula is C27H31N3O4. The molecule has 7 nitrogen and oxygen atoms in total. The summed E-state index contributed by atoms with van der Waals surface area (Å²) < 4.78 is 12.6. The Balaban J connectivity index is 1.88. The largest absolute Gasteiger partial charge is 0.442 e. The number of benzene rings is 2. The van der Waals surface area contributed by atoms with E-state index in [9.17, 15) is 9.59 Å². The minimum absolute atomic E-state index is 0.225. The molecule has 34 heavy (non-hydrogen) atoms. The van der Waals surface area contributed by atoms with Crippen LogP contribution in [-0.4, -0.2) is 33.7 Å². The molecular weight excluding hydrogens is 430 g/mol. The van der Waals surface area contributed by atoms with Gasteiger partial charge in [-0.2, -0.15) is 0 Å². The fourth-order valence-corrected chi connectivity index (χ4v) is 4.20. The molecule has 1 aliphatic rings. The summed E-state index contributed by atoms with van der Waals surface area (Å²) in [4.78, 5) is 32.2. The summed E-state index contributed by atoms with van der Waals surface area (Å²) in [7, 11) is 0. The molecule has 0 radical (unpaired) electrons. The van der Waals surface area contributed by atoms with Crippen LogP contribution in [0.2, 0.25) is 0 Å². The third kappa shape index (κ3) is 4.98. The van der Waals surface area contributed by atoms with Gasteiger partial charge >= 0.3 is 11.8 Å². The van der Waals surface area contributed by atoms with Crippen LogP contribution >= 0.6 is 0 Å². The second kappa shape index (κ2) is 9.71. The number of aromatic nitrogens is 1. The Hall–Kier alpha value is -3.61. The molecule has 0 saturated carbocycles. The van der Waals surface area contributed by atoms with Gasteiger partial charge in [0.15, 0.2) is 5.76 Å². The van der Waals surface area contributed by atoms with Gasteiger partial charge in [-0.1, -0.05) is 74.0 Å². The molecule has 1 atom stereocenters. The third-order valence-corrected chi connectivity index (χ3v) is 5.64. The Kier molecular flexibility index (Phi) is 6.72. The number of rotatable bonds is 6. The smallest absolute Gasteiger partial charge is 0.437 e. The molecule has 1 aliphatic heterocycles. The van der Waals surface area contributed by atoms with E-state index in [4.69, 9.17) is 9.15 Å². The lowest BCUT2D eigenvalue weighted by Gasteiger charge is -2.27. The maximum atomic E-state index is 13.1. The van der Waals surface area contributed by atoms with Gasteiger partial charge in [0, 0.05) is 12.1 Å². The zero-order valence-electron chi connectivity index (χ0n) is 20.2. The van der Waals surface area contributed by atoms with Crippen molar-refractivity contribution in [1.29, 1.82) is 0 Å². The van der Waals surface area contributed by atoms with Gasteiger partial charge in [0.25, 0.3) is 0 Å². The first-order valence-corrected chi connectivity index (χ1v) is 11.7. The molecule has 0 N–H and O–H groups in total. The highest BCUT2D eigenvalue weighted by atomic mass is 16.6. The normalized spacial score (nSPS) is 16.6. The minimum Gasteiger partial charge on any atom is -0.442 e. The van der Waals surface area contributed by atoms with Gasteiger partial charge in [0.2, 0.25) is 5.96 Å². The van der Waals surface area contributed by atoms with Gasteiger partial charge in [-0.15, -0.1) is 4.99 Å². The van der Waals surface area contributed by atoms with Crippen molar-refractivity contribution in [3.8, 4) is 11.3 Å². The highest BCUT2D eigenvalue weighted by Gasteiger charge is 2.41. The average Bonchev–Trinajstić information content (AvgIpc) is 3.28. The first-order valence-electron chi connectivity index (χ1n) is 11.7. The van der Waals surface area contributed by atoms with E-state index in [-0.39, 0.29) is 12.0 Å². The summed E-state index contributed by atoms with van der Waals surface area (Å²) in [5, 5.41) is 0. The minimum atomic E-state index is -0.732. The molecule has 2 heterocycles. The summed E-state index contributed by atoms with van der Waals surface area (Å²) in [5.41, 5.74) is 1.93. The second-order valence-corrected chi connectivity index (χ2v) is 9.43. The van der Waals surface area contributed by atoms with E-state index in [1.165, 1.54) is 4.57 Å². The number of oxazole rings is 1. The molecule has 3 aromatic rings. The van der Waals surface area contributed by atoms with E-state index < -0.39 is 17.5 Å². The molecule has 1 amide bonds. The summed E-state index contributed by atoms with van der Waals surface area (Å²) in [5.74, 6) is 0.199. The number of amides is 1. The Morgan fingerprint density at radius 3 is 2.32 bits per heavy atom. The van der Waals surface area contributed by atoms with Crippen molar-refractivity contribution in [2.45, 2.75) is 58.6 Å². The van der Waals surface area contributed by atoms with Gasteiger partial charge in [-0.25, -0.2) is 14.2 Å². The van der Waals surface area contributed by atoms with Crippen molar-refractivity contribution in [3.05, 3.63) is 82.5 Å². The Morgan fingerprint density at radius 2 is 1.71 bits per heavy atom. The van der Waals surface area contributed by atoms with Gasteiger partial charge in [0.1, 0.15) is 5.60 Å². The number of hydrogen-bond acceptors (Lipinski definition) is 4. The quantitative estimate of drug-likeness (QED) is 0.474. The topological polar surface area (TPSA) is 77.0 Å². The lowest BCUT2D eigenvalue weighted by molar-refractivity contribution is 0.0601. The monoisotopic (exact) mass is 461 g/mol. The summed E-state index contributed by atoms with van der Waals surface area (Å²) >= 11 is 0. The van der Waals surface area contributed by atoms with E-state index in [2.05, 4.69) is 24.0 Å². The van der Waals surface area contributed by atoms with Crippen LogP contribution in [0.3, 0.4) is 0 Å². The standard InChI is InChI=1S/C27H31N3O4/c1-5-6-17-29-21(18-19-13-9-7-10-14-19)22-23(20-15-11-8-12-16-20)33-26(32)30(22)24(29)28-25(31)34-27(2,3)4/h7-16,21H,5-6,17-18H2,1-4H3/b28-24-. The zero-order chi connectivity index (χ0) is 24.3. The van der Waals surface area contributed by atoms with Crippen LogP contribution in [-0.2, 0) is 11.2 Å². The number of ether oxygens (including phenoxy) is 1. The molecule has 1 aromatic heterocycles. The maximum absolute atomic E-state index is 13.1. The molecule has 0 spiro atoms. The number of hydrogen-bond donors (Lipinski definition) is 0. The van der Waals surface area contributed by atoms with Gasteiger partial charge in [-0.05, 0) is 39.2 Å². The lowest BCUT2D eigenvalue weighted by Crippen LogP contribution is -2.37. The fraction of sp³-hybridized carbons (Fsp3) is 0.370. The van der Waals surface area contributed by atoms with Gasteiger partial charge in [0.05, 0.1) is 11.7 Å². The van der Waals surface area contributed by atoms with Crippen LogP contribution in [0.4, 0.5) is 4.79 Å². The summed E-state index contributed by atoms with van der Waals surface area (Å²) in [6.45, 7) is 8.11. The maximum Gasteiger partial charge on any atom is 0.437 e. The predicted molar refractivity (Wildman–Crippen MR) is 132 cm³/mol. The number of fused-ring (bicyclic) bond motifs is 1. The molecule has 2 aromatic carbocycles. The molecule has 0 aliphatic carbocycles. The molecule has 0 fully saturated rings. The van der Waals surface area contributed by atoms with Crippen molar-refractivity contribution >= 4 is 12.1 Å². The Morgan fingerprint density at radius 1 is 1.06 bits per heavy atom. The van der Waals surface area contributed by atoms with Gasteiger partial charge < -0.3 is 14.1 Å². The number of aliphatic imine (C=N–C) groups is 1. The molecule has 4 rings (SSSR count). The average molecular weight is 462 g/mol. The number of nitrogens with zero attached hydrogens (tertiary/aromatic N) is 3. The number of unbranched alkanes of at least 4 members (excludes halogenated alkanes) is 1. The van der Waals surface area contributed by atoms with E-state index >= 15 is 0 Å². The number of carbonyl (C=O) groups is 1. The lowest BCUT2D eigenvalue weighted by atomic mass is 9.99. The van der Waals surface area contributed by atoms with Gasteiger partial charge in [-0.3, -0.25) is 0 Å². The van der Waals surface area contributed by atoms with Crippen LogP contribution < -0.4 is 5.76 Å². The molecule has 0 saturated heterocycles. The highest BCUT2D eigenvalue weighted by molar-refractivity contribution is 5.95. The van der Waals surface area contributed by atoms with Crippen LogP contribution in [0.15, 0.2) is 74.9 Å². The predicted octanol–water partition coefficient (Wildman–Crippen LogP) is 5.65. The molecule has 178 valence electrons. The van der Waals surface area contributed by atoms with E-state index in [0.717, 1.165) is 24.0 Å². The highest BCUT2D eigenvalue weighted by Crippen LogP contribution is 2.38. The zero-order valence-corrected chi connectivity index (χ0v) is 20.2. The summed E-state index contributed by atoms with van der Waals surface area (Å²) in [6, 6.07) is 19.4. The second-order valence-electron chi connectivity index (χ2n) is 9.43. The first kappa shape index (κ1) is 23.5. The van der Waals surface area contributed by atoms with Crippen molar-refractivity contribution in [2.24, 2.45) is 4.99 Å². The molecule has 7 heteroatoms. The van der Waals surface area contributed by atoms with Crippen molar-refractivity contribution < 1.29 is 13.9 Å². The van der Waals surface area contributed by atoms with Crippen molar-refractivity contribution in [3.63, 3.8) is 0 Å².